The van der Waals surface area contributed by atoms with E-state index in [0.29, 0.717) is 0 Å². The summed E-state index contributed by atoms with van der Waals surface area (Å²) in [5, 5.41) is 5.29. The molecule has 0 saturated carbocycles. The maximum atomic E-state index is 2.49. The largest absolute Gasteiger partial charge is 0.309 e. The molecule has 0 saturated heterocycles. The van der Waals surface area contributed by atoms with Gasteiger partial charge in [0.25, 0.3) is 0 Å². The lowest BCUT2D eigenvalue weighted by Crippen LogP contribution is -2.23. The Morgan fingerprint density at radius 3 is 1.80 bits per heavy atom. The SMILES string of the molecule is CC1(C)c2ccccc2-c2c3c1cccc3cc1c2c2ccccc2n1-c1cc(-c2ccccc2)cc(-c2ccccc2)c1. The fraction of sp³-hybridized carbons (Fsp3) is 0.0698. The van der Waals surface area contributed by atoms with Gasteiger partial charge in [-0.1, -0.05) is 135 Å². The molecular weight excluding hydrogens is 530 g/mol. The Morgan fingerprint density at radius 1 is 0.455 bits per heavy atom. The van der Waals surface area contributed by atoms with Gasteiger partial charge >= 0.3 is 0 Å². The van der Waals surface area contributed by atoms with Crippen molar-refractivity contribution in [3.63, 3.8) is 0 Å². The summed E-state index contributed by atoms with van der Waals surface area (Å²) in [6.45, 7) is 4.74. The van der Waals surface area contributed by atoms with Gasteiger partial charge in [0, 0.05) is 27.4 Å². The first-order valence-corrected chi connectivity index (χ1v) is 15.5. The second kappa shape index (κ2) is 9.30. The van der Waals surface area contributed by atoms with Gasteiger partial charge in [-0.3, -0.25) is 0 Å². The summed E-state index contributed by atoms with van der Waals surface area (Å²) >= 11 is 0. The highest BCUT2D eigenvalue weighted by molar-refractivity contribution is 6.24. The van der Waals surface area contributed by atoms with E-state index in [2.05, 4.69) is 170 Å². The molecule has 0 N–H and O–H groups in total. The van der Waals surface area contributed by atoms with Crippen molar-refractivity contribution in [1.82, 2.24) is 4.57 Å². The van der Waals surface area contributed by atoms with Crippen LogP contribution in [0.3, 0.4) is 0 Å². The normalized spacial score (nSPS) is 13.4. The number of hydrogen-bond acceptors (Lipinski definition) is 0. The van der Waals surface area contributed by atoms with Gasteiger partial charge in [-0.15, -0.1) is 0 Å². The first-order chi connectivity index (χ1) is 21.6. The van der Waals surface area contributed by atoms with Gasteiger partial charge in [0.05, 0.1) is 11.0 Å². The van der Waals surface area contributed by atoms with Crippen molar-refractivity contribution >= 4 is 32.6 Å². The first-order valence-electron chi connectivity index (χ1n) is 15.5. The fourth-order valence-electron chi connectivity index (χ4n) is 7.70. The topological polar surface area (TPSA) is 4.93 Å². The molecule has 0 atom stereocenters. The van der Waals surface area contributed by atoms with Crippen molar-refractivity contribution in [3.8, 4) is 39.1 Å². The third-order valence-electron chi connectivity index (χ3n) is 9.73. The van der Waals surface area contributed by atoms with Crippen molar-refractivity contribution in [2.45, 2.75) is 19.3 Å². The Hall–Kier alpha value is -5.40. The standard InChI is InChI=1S/C43H31N/c1-43(2)36-21-11-9-19-34(36)42-40-30(18-13-22-37(40)43)27-39-41(42)35-20-10-12-23-38(35)44(39)33-25-31(28-14-5-3-6-15-28)24-32(26-33)29-16-7-4-8-17-29/h3-27H,1-2H3. The van der Waals surface area contributed by atoms with Crippen LogP contribution in [0.5, 0.6) is 0 Å². The Balaban J connectivity index is 1.45. The van der Waals surface area contributed by atoms with E-state index in [-0.39, 0.29) is 5.41 Å². The van der Waals surface area contributed by atoms with Gasteiger partial charge in [0.2, 0.25) is 0 Å². The molecule has 0 fully saturated rings. The van der Waals surface area contributed by atoms with Crippen molar-refractivity contribution in [2.24, 2.45) is 0 Å². The Kier molecular flexibility index (Phi) is 5.31. The van der Waals surface area contributed by atoms with Crippen LogP contribution in [0.2, 0.25) is 0 Å². The Labute approximate surface area is 257 Å². The summed E-state index contributed by atoms with van der Waals surface area (Å²) in [5.74, 6) is 0. The van der Waals surface area contributed by atoms with E-state index in [9.17, 15) is 0 Å². The van der Waals surface area contributed by atoms with Crippen LogP contribution in [-0.4, -0.2) is 4.57 Å². The van der Waals surface area contributed by atoms with Crippen LogP contribution >= 0.6 is 0 Å². The highest BCUT2D eigenvalue weighted by Gasteiger charge is 2.35. The van der Waals surface area contributed by atoms with Gasteiger partial charge in [0.1, 0.15) is 0 Å². The van der Waals surface area contributed by atoms with Gasteiger partial charge in [-0.05, 0) is 80.0 Å². The number of aromatic nitrogens is 1. The average Bonchev–Trinajstić information content (AvgIpc) is 3.41. The number of fused-ring (bicyclic) bond motifs is 6. The zero-order chi connectivity index (χ0) is 29.4. The van der Waals surface area contributed by atoms with Gasteiger partial charge < -0.3 is 4.57 Å². The lowest BCUT2D eigenvalue weighted by atomic mass is 9.68. The molecule has 0 amide bonds. The second-order valence-electron chi connectivity index (χ2n) is 12.6. The molecule has 9 rings (SSSR count). The van der Waals surface area contributed by atoms with Crippen LogP contribution in [-0.2, 0) is 5.41 Å². The molecule has 7 aromatic carbocycles. The summed E-state index contributed by atoms with van der Waals surface area (Å²) in [6.07, 6.45) is 0. The molecule has 0 spiro atoms. The molecule has 1 nitrogen and oxygen atoms in total. The van der Waals surface area contributed by atoms with Crippen molar-refractivity contribution in [2.75, 3.05) is 0 Å². The smallest absolute Gasteiger partial charge is 0.0553 e. The summed E-state index contributed by atoms with van der Waals surface area (Å²) in [6, 6.07) is 55.8. The molecular formula is C43H31N. The van der Waals surface area contributed by atoms with Gasteiger partial charge in [-0.25, -0.2) is 0 Å². The predicted molar refractivity (Wildman–Crippen MR) is 187 cm³/mol. The van der Waals surface area contributed by atoms with Crippen LogP contribution in [0.15, 0.2) is 152 Å². The molecule has 0 aliphatic heterocycles. The summed E-state index contributed by atoms with van der Waals surface area (Å²) in [4.78, 5) is 0. The molecule has 1 heterocycles. The minimum absolute atomic E-state index is 0.0796. The zero-order valence-corrected chi connectivity index (χ0v) is 24.9. The van der Waals surface area contributed by atoms with Crippen molar-refractivity contribution in [3.05, 3.63) is 163 Å². The number of benzene rings is 7. The van der Waals surface area contributed by atoms with Crippen molar-refractivity contribution in [1.29, 1.82) is 0 Å². The highest BCUT2D eigenvalue weighted by atomic mass is 15.0. The summed E-state index contributed by atoms with van der Waals surface area (Å²) in [5.41, 5.74) is 13.9. The second-order valence-corrected chi connectivity index (χ2v) is 12.6. The van der Waals surface area contributed by atoms with E-state index in [0.717, 1.165) is 0 Å². The van der Waals surface area contributed by atoms with Gasteiger partial charge in [0.15, 0.2) is 0 Å². The van der Waals surface area contributed by atoms with E-state index in [4.69, 9.17) is 0 Å². The molecule has 0 unspecified atom stereocenters. The lowest BCUT2D eigenvalue weighted by molar-refractivity contribution is 0.645. The minimum atomic E-state index is -0.0796. The average molecular weight is 562 g/mol. The molecule has 208 valence electrons. The molecule has 44 heavy (non-hydrogen) atoms. The molecule has 1 heteroatoms. The maximum Gasteiger partial charge on any atom is 0.0553 e. The van der Waals surface area contributed by atoms with Crippen LogP contribution in [0, 0.1) is 0 Å². The number of para-hydroxylation sites is 1. The van der Waals surface area contributed by atoms with Crippen LogP contribution in [0.25, 0.3) is 71.6 Å². The van der Waals surface area contributed by atoms with E-state index in [1.165, 1.54) is 82.8 Å². The van der Waals surface area contributed by atoms with Crippen LogP contribution in [0.4, 0.5) is 0 Å². The lowest BCUT2D eigenvalue weighted by Gasteiger charge is -2.35. The van der Waals surface area contributed by atoms with E-state index in [1.807, 2.05) is 0 Å². The molecule has 8 aromatic rings. The van der Waals surface area contributed by atoms with E-state index >= 15 is 0 Å². The van der Waals surface area contributed by atoms with Gasteiger partial charge in [-0.2, -0.15) is 0 Å². The van der Waals surface area contributed by atoms with Crippen LogP contribution in [0.1, 0.15) is 25.0 Å². The molecule has 0 bridgehead atoms. The quantitative estimate of drug-likeness (QED) is 0.202. The molecule has 0 radical (unpaired) electrons. The number of hydrogen-bond donors (Lipinski definition) is 0. The highest BCUT2D eigenvalue weighted by Crippen LogP contribution is 2.53. The predicted octanol–water partition coefficient (Wildman–Crippen LogP) is 11.6. The minimum Gasteiger partial charge on any atom is -0.309 e. The van der Waals surface area contributed by atoms with E-state index < -0.39 is 0 Å². The van der Waals surface area contributed by atoms with E-state index in [1.54, 1.807) is 0 Å². The third-order valence-corrected chi connectivity index (χ3v) is 9.73. The van der Waals surface area contributed by atoms with Crippen molar-refractivity contribution < 1.29 is 0 Å². The third kappa shape index (κ3) is 3.53. The summed E-state index contributed by atoms with van der Waals surface area (Å²) < 4.78 is 2.49. The zero-order valence-electron chi connectivity index (χ0n) is 24.9. The fourth-order valence-corrected chi connectivity index (χ4v) is 7.70. The first kappa shape index (κ1) is 25.1. The summed E-state index contributed by atoms with van der Waals surface area (Å²) in [7, 11) is 0. The number of rotatable bonds is 3. The maximum absolute atomic E-state index is 2.49. The van der Waals surface area contributed by atoms with Crippen LogP contribution < -0.4 is 0 Å². The molecule has 1 aromatic heterocycles. The Bertz CT molecular complexity index is 2330. The monoisotopic (exact) mass is 561 g/mol. The number of nitrogens with zero attached hydrogens (tertiary/aromatic N) is 1. The molecule has 1 aliphatic carbocycles. The molecule has 1 aliphatic rings. The Morgan fingerprint density at radius 2 is 1.07 bits per heavy atom.